The van der Waals surface area contributed by atoms with Crippen molar-refractivity contribution in [3.8, 4) is 0 Å². The van der Waals surface area contributed by atoms with Gasteiger partial charge >= 0.3 is 0 Å². The average Bonchev–Trinajstić information content (AvgIpc) is 2.43. The van der Waals surface area contributed by atoms with Gasteiger partial charge in [0.25, 0.3) is 0 Å². The Bertz CT molecular complexity index is 554. The smallest absolute Gasteiger partial charge is 0.241 e. The van der Waals surface area contributed by atoms with Gasteiger partial charge in [-0.05, 0) is 25.0 Å². The lowest BCUT2D eigenvalue weighted by molar-refractivity contribution is -0.119. The number of aryl methyl sites for hydroxylation is 1. The van der Waals surface area contributed by atoms with E-state index in [0.717, 1.165) is 12.0 Å². The largest absolute Gasteiger partial charge is 0.297 e. The molecule has 0 spiro atoms. The molecule has 1 N–H and O–H groups in total. The lowest BCUT2D eigenvalue weighted by Crippen LogP contribution is -2.45. The van der Waals surface area contributed by atoms with Crippen LogP contribution in [0, 0.1) is 12.8 Å². The summed E-state index contributed by atoms with van der Waals surface area (Å²) >= 11 is 3.10. The van der Waals surface area contributed by atoms with Crippen molar-refractivity contribution in [2.45, 2.75) is 38.1 Å². The molecular weight excluding hydrogens is 342 g/mol. The molecule has 0 aliphatic rings. The van der Waals surface area contributed by atoms with Crippen LogP contribution in [0.4, 0.5) is 0 Å². The van der Waals surface area contributed by atoms with E-state index in [4.69, 9.17) is 0 Å². The number of benzene rings is 1. The summed E-state index contributed by atoms with van der Waals surface area (Å²) in [6, 6.07) is 5.86. The van der Waals surface area contributed by atoms with Gasteiger partial charge in [0, 0.05) is 0 Å². The normalized spacial score (nSPS) is 14.8. The molecule has 0 bridgehead atoms. The van der Waals surface area contributed by atoms with Crippen LogP contribution in [-0.2, 0) is 14.8 Å². The van der Waals surface area contributed by atoms with Crippen LogP contribution in [0.3, 0.4) is 0 Å². The Kier molecular flexibility index (Phi) is 6.36. The molecule has 0 aliphatic heterocycles. The van der Waals surface area contributed by atoms with E-state index >= 15 is 0 Å². The van der Waals surface area contributed by atoms with Crippen LogP contribution in [0.2, 0.25) is 0 Å². The molecule has 1 rings (SSSR count). The summed E-state index contributed by atoms with van der Waals surface area (Å²) in [7, 11) is -3.68. The summed E-state index contributed by atoms with van der Waals surface area (Å²) in [5.74, 6) is -0.213. The molecule has 112 valence electrons. The number of carbonyl (C=O) groups excluding carboxylic acids is 1. The number of nitrogens with one attached hydrogen (secondary N) is 1. The summed E-state index contributed by atoms with van der Waals surface area (Å²) in [6.45, 7) is 5.68. The van der Waals surface area contributed by atoms with Gasteiger partial charge in [-0.3, -0.25) is 4.79 Å². The van der Waals surface area contributed by atoms with Crippen molar-refractivity contribution in [1.29, 1.82) is 0 Å². The molecule has 1 aromatic carbocycles. The van der Waals surface area contributed by atoms with Crippen LogP contribution < -0.4 is 4.72 Å². The summed E-state index contributed by atoms with van der Waals surface area (Å²) in [5, 5.41) is 0.137. The number of halogens is 1. The highest BCUT2D eigenvalue weighted by Crippen LogP contribution is 2.15. The van der Waals surface area contributed by atoms with Crippen LogP contribution in [0.25, 0.3) is 0 Å². The van der Waals surface area contributed by atoms with E-state index < -0.39 is 16.1 Å². The third-order valence-corrected chi connectivity index (χ3v) is 5.31. The highest BCUT2D eigenvalue weighted by atomic mass is 79.9. The van der Waals surface area contributed by atoms with Crippen LogP contribution in [0.5, 0.6) is 0 Å². The van der Waals surface area contributed by atoms with Crippen molar-refractivity contribution >= 4 is 31.7 Å². The number of sulfonamides is 1. The van der Waals surface area contributed by atoms with Crippen molar-refractivity contribution in [2.24, 2.45) is 5.92 Å². The number of carbonyl (C=O) groups is 1. The predicted molar refractivity (Wildman–Crippen MR) is 83.5 cm³/mol. The molecule has 0 radical (unpaired) electrons. The minimum absolute atomic E-state index is 0.0553. The Balaban J connectivity index is 3.02. The van der Waals surface area contributed by atoms with Crippen LogP contribution in [0.1, 0.15) is 25.8 Å². The second-order valence-corrected chi connectivity index (χ2v) is 7.17. The van der Waals surface area contributed by atoms with E-state index in [1.165, 1.54) is 0 Å². The fraction of sp³-hybridized carbons (Fsp3) is 0.500. The van der Waals surface area contributed by atoms with Crippen LogP contribution in [-0.4, -0.2) is 25.6 Å². The van der Waals surface area contributed by atoms with Gasteiger partial charge in [-0.1, -0.05) is 53.9 Å². The summed E-state index contributed by atoms with van der Waals surface area (Å²) in [5.41, 5.74) is 0.985. The van der Waals surface area contributed by atoms with Crippen LogP contribution >= 0.6 is 15.9 Å². The van der Waals surface area contributed by atoms with Crippen molar-refractivity contribution in [3.05, 3.63) is 29.8 Å². The molecule has 2 atom stereocenters. The topological polar surface area (TPSA) is 63.2 Å². The first kappa shape index (κ1) is 17.3. The van der Waals surface area contributed by atoms with E-state index in [-0.39, 0.29) is 21.9 Å². The highest BCUT2D eigenvalue weighted by Gasteiger charge is 2.28. The minimum atomic E-state index is -3.68. The third kappa shape index (κ3) is 4.40. The van der Waals surface area contributed by atoms with Crippen molar-refractivity contribution in [1.82, 2.24) is 4.72 Å². The molecule has 0 aliphatic carbocycles. The number of rotatable bonds is 7. The highest BCUT2D eigenvalue weighted by molar-refractivity contribution is 9.09. The lowest BCUT2D eigenvalue weighted by atomic mass is 9.97. The zero-order chi connectivity index (χ0) is 15.3. The van der Waals surface area contributed by atoms with E-state index in [2.05, 4.69) is 20.7 Å². The SMILES string of the molecule is CCC(C)C(NS(=O)(=O)c1ccc(C)cc1)C(=O)CBr. The molecule has 6 heteroatoms. The van der Waals surface area contributed by atoms with Gasteiger partial charge in [0.1, 0.15) is 0 Å². The fourth-order valence-electron chi connectivity index (χ4n) is 1.77. The number of Topliss-reactive ketones (excluding diaryl/α,β-unsaturated/α-hetero) is 1. The summed E-state index contributed by atoms with van der Waals surface area (Å²) < 4.78 is 27.2. The maximum atomic E-state index is 12.3. The first-order valence-corrected chi connectivity index (χ1v) is 9.10. The maximum Gasteiger partial charge on any atom is 0.241 e. The average molecular weight is 362 g/mol. The molecule has 4 nitrogen and oxygen atoms in total. The Hall–Kier alpha value is -0.720. The van der Waals surface area contributed by atoms with Crippen molar-refractivity contribution < 1.29 is 13.2 Å². The third-order valence-electron chi connectivity index (χ3n) is 3.30. The van der Waals surface area contributed by atoms with Gasteiger partial charge in [-0.15, -0.1) is 0 Å². The second-order valence-electron chi connectivity index (χ2n) is 4.90. The van der Waals surface area contributed by atoms with Gasteiger partial charge < -0.3 is 0 Å². The monoisotopic (exact) mass is 361 g/mol. The fourth-order valence-corrected chi connectivity index (χ4v) is 3.45. The van der Waals surface area contributed by atoms with Gasteiger partial charge in [0.15, 0.2) is 5.78 Å². The molecule has 2 unspecified atom stereocenters. The van der Waals surface area contributed by atoms with E-state index in [0.29, 0.717) is 0 Å². The molecular formula is C14H20BrNO3S. The molecule has 1 aromatic rings. The van der Waals surface area contributed by atoms with E-state index in [9.17, 15) is 13.2 Å². The first-order valence-electron chi connectivity index (χ1n) is 6.49. The minimum Gasteiger partial charge on any atom is -0.297 e. The molecule has 20 heavy (non-hydrogen) atoms. The lowest BCUT2D eigenvalue weighted by Gasteiger charge is -2.22. The van der Waals surface area contributed by atoms with E-state index in [1.807, 2.05) is 20.8 Å². The number of alkyl halides is 1. The second kappa shape index (κ2) is 7.33. The van der Waals surface area contributed by atoms with E-state index in [1.54, 1.807) is 24.3 Å². The summed E-state index contributed by atoms with van der Waals surface area (Å²) in [6.07, 6.45) is 0.722. The molecule has 0 aromatic heterocycles. The zero-order valence-corrected chi connectivity index (χ0v) is 14.3. The predicted octanol–water partition coefficient (Wildman–Crippen LogP) is 2.65. The quantitative estimate of drug-likeness (QED) is 0.759. The molecule has 0 saturated carbocycles. The van der Waals surface area contributed by atoms with Gasteiger partial charge in [0.2, 0.25) is 10.0 Å². The maximum absolute atomic E-state index is 12.3. The van der Waals surface area contributed by atoms with Gasteiger partial charge in [-0.2, -0.15) is 0 Å². The number of hydrogen-bond acceptors (Lipinski definition) is 3. The molecule has 0 saturated heterocycles. The Morgan fingerprint density at radius 3 is 2.30 bits per heavy atom. The Morgan fingerprint density at radius 2 is 1.85 bits per heavy atom. The van der Waals surface area contributed by atoms with Crippen LogP contribution in [0.15, 0.2) is 29.2 Å². The Labute approximate surface area is 129 Å². The van der Waals surface area contributed by atoms with Crippen molar-refractivity contribution in [2.75, 3.05) is 5.33 Å². The Morgan fingerprint density at radius 1 is 1.30 bits per heavy atom. The first-order chi connectivity index (χ1) is 9.31. The molecule has 0 fully saturated rings. The van der Waals surface area contributed by atoms with Crippen molar-refractivity contribution in [3.63, 3.8) is 0 Å². The van der Waals surface area contributed by atoms with Gasteiger partial charge in [0.05, 0.1) is 16.3 Å². The molecule has 0 heterocycles. The molecule has 0 amide bonds. The number of ketones is 1. The van der Waals surface area contributed by atoms with Gasteiger partial charge in [-0.25, -0.2) is 13.1 Å². The number of hydrogen-bond donors (Lipinski definition) is 1. The summed E-state index contributed by atoms with van der Waals surface area (Å²) in [4.78, 5) is 12.1. The zero-order valence-electron chi connectivity index (χ0n) is 11.9. The standard InChI is InChI=1S/C14H20BrNO3S/c1-4-11(3)14(13(17)9-15)16-20(18,19)12-7-5-10(2)6-8-12/h5-8,11,14,16H,4,9H2,1-3H3.